The molecule has 2 aromatic carbocycles. The minimum atomic E-state index is -0.235. The summed E-state index contributed by atoms with van der Waals surface area (Å²) < 4.78 is 0. The van der Waals surface area contributed by atoms with E-state index in [4.69, 9.17) is 0 Å². The first-order valence-electron chi connectivity index (χ1n) is 7.25. The number of nitrogens with zero attached hydrogens (tertiary/aromatic N) is 1. The van der Waals surface area contributed by atoms with E-state index in [1.165, 1.54) is 11.1 Å². The number of likely N-dealkylation sites (tertiary alicyclic amines) is 1. The molecule has 1 aliphatic heterocycles. The fourth-order valence-corrected chi connectivity index (χ4v) is 3.25. The van der Waals surface area contributed by atoms with Gasteiger partial charge in [-0.05, 0) is 31.0 Å². The fraction of sp³-hybridized carbons (Fsp3) is 0.333. The van der Waals surface area contributed by atoms with E-state index in [1.807, 2.05) is 12.1 Å². The Labute approximate surface area is 120 Å². The molecule has 0 bridgehead atoms. The lowest BCUT2D eigenvalue weighted by Gasteiger charge is -2.42. The average Bonchev–Trinajstić information content (AvgIpc) is 2.51. The fourth-order valence-electron chi connectivity index (χ4n) is 3.25. The van der Waals surface area contributed by atoms with Crippen LogP contribution in [0.1, 0.15) is 36.1 Å². The van der Waals surface area contributed by atoms with Crippen LogP contribution in [-0.4, -0.2) is 23.2 Å². The third kappa shape index (κ3) is 2.62. The molecule has 0 unspecified atom stereocenters. The summed E-state index contributed by atoms with van der Waals surface area (Å²) in [4.78, 5) is 2.40. The molecule has 2 nitrogen and oxygen atoms in total. The summed E-state index contributed by atoms with van der Waals surface area (Å²) in [5, 5.41) is 10.3. The Balaban J connectivity index is 1.90. The summed E-state index contributed by atoms with van der Waals surface area (Å²) in [5.41, 5.74) is 2.57. The molecule has 0 spiro atoms. The van der Waals surface area contributed by atoms with Crippen LogP contribution in [0.4, 0.5) is 0 Å². The molecular formula is C18H21NO. The van der Waals surface area contributed by atoms with E-state index in [0.29, 0.717) is 0 Å². The molecule has 1 saturated heterocycles. The third-order valence-electron chi connectivity index (χ3n) is 4.34. The van der Waals surface area contributed by atoms with Crippen molar-refractivity contribution in [3.8, 4) is 0 Å². The molecule has 20 heavy (non-hydrogen) atoms. The number of benzene rings is 2. The van der Waals surface area contributed by atoms with Gasteiger partial charge in [-0.2, -0.15) is 0 Å². The van der Waals surface area contributed by atoms with Crippen LogP contribution in [0, 0.1) is 0 Å². The highest BCUT2D eigenvalue weighted by atomic mass is 16.3. The van der Waals surface area contributed by atoms with E-state index in [0.717, 1.165) is 12.8 Å². The summed E-state index contributed by atoms with van der Waals surface area (Å²) in [6.45, 7) is 0. The maximum Gasteiger partial charge on any atom is 0.0576 e. The van der Waals surface area contributed by atoms with Gasteiger partial charge < -0.3 is 5.11 Å². The summed E-state index contributed by atoms with van der Waals surface area (Å²) in [7, 11) is 2.17. The standard InChI is InChI=1S/C18H21NO/c1-19-17(14-8-4-2-5-9-14)12-16(20)13-18(19)15-10-6-3-7-11-15/h2-11,16-18,20H,12-13H2,1H3/t17-,18-/m0/s1. The topological polar surface area (TPSA) is 23.5 Å². The molecule has 1 N–H and O–H groups in total. The van der Waals surface area contributed by atoms with Crippen molar-refractivity contribution in [3.63, 3.8) is 0 Å². The molecule has 1 aliphatic rings. The van der Waals surface area contributed by atoms with Crippen LogP contribution in [0.2, 0.25) is 0 Å². The maximum atomic E-state index is 10.3. The van der Waals surface area contributed by atoms with Crippen LogP contribution in [0.15, 0.2) is 60.7 Å². The molecule has 1 fully saturated rings. The Hall–Kier alpha value is -1.64. The number of aliphatic hydroxyl groups excluding tert-OH is 1. The van der Waals surface area contributed by atoms with Gasteiger partial charge in [0.1, 0.15) is 0 Å². The molecule has 3 rings (SSSR count). The maximum absolute atomic E-state index is 10.3. The lowest BCUT2D eigenvalue weighted by molar-refractivity contribution is 0.0140. The molecule has 0 saturated carbocycles. The molecule has 0 radical (unpaired) electrons. The first kappa shape index (κ1) is 13.3. The summed E-state index contributed by atoms with van der Waals surface area (Å²) in [5.74, 6) is 0. The van der Waals surface area contributed by atoms with Crippen molar-refractivity contribution >= 4 is 0 Å². The lowest BCUT2D eigenvalue weighted by Crippen LogP contribution is -2.38. The van der Waals surface area contributed by atoms with Crippen molar-refractivity contribution in [3.05, 3.63) is 71.8 Å². The molecule has 2 heteroatoms. The van der Waals surface area contributed by atoms with Gasteiger partial charge in [-0.15, -0.1) is 0 Å². The second-order valence-electron chi connectivity index (χ2n) is 5.64. The molecular weight excluding hydrogens is 246 g/mol. The van der Waals surface area contributed by atoms with Gasteiger partial charge in [-0.3, -0.25) is 4.90 Å². The first-order valence-corrected chi connectivity index (χ1v) is 7.25. The van der Waals surface area contributed by atoms with Crippen molar-refractivity contribution < 1.29 is 5.11 Å². The van der Waals surface area contributed by atoms with Crippen LogP contribution in [0.3, 0.4) is 0 Å². The van der Waals surface area contributed by atoms with Gasteiger partial charge >= 0.3 is 0 Å². The number of piperidine rings is 1. The lowest BCUT2D eigenvalue weighted by atomic mass is 9.86. The Morgan fingerprint density at radius 2 is 1.20 bits per heavy atom. The predicted octanol–water partition coefficient (Wildman–Crippen LogP) is 3.56. The minimum absolute atomic E-state index is 0.235. The van der Waals surface area contributed by atoms with E-state index in [2.05, 4.69) is 60.5 Å². The summed E-state index contributed by atoms with van der Waals surface area (Å²) in [6.07, 6.45) is 1.38. The van der Waals surface area contributed by atoms with Gasteiger partial charge in [-0.1, -0.05) is 60.7 Å². The number of aliphatic hydroxyl groups is 1. The molecule has 2 aromatic rings. The zero-order chi connectivity index (χ0) is 13.9. The monoisotopic (exact) mass is 267 g/mol. The van der Waals surface area contributed by atoms with Crippen molar-refractivity contribution in [2.45, 2.75) is 31.0 Å². The van der Waals surface area contributed by atoms with Crippen molar-refractivity contribution in [1.29, 1.82) is 0 Å². The van der Waals surface area contributed by atoms with Gasteiger partial charge in [0.05, 0.1) is 6.10 Å². The van der Waals surface area contributed by atoms with Crippen LogP contribution in [-0.2, 0) is 0 Å². The highest BCUT2D eigenvalue weighted by Gasteiger charge is 2.33. The van der Waals surface area contributed by atoms with Gasteiger partial charge in [0.2, 0.25) is 0 Å². The molecule has 2 atom stereocenters. The largest absolute Gasteiger partial charge is 0.393 e. The Bertz CT molecular complexity index is 490. The second kappa shape index (κ2) is 5.78. The van der Waals surface area contributed by atoms with Gasteiger partial charge in [0.15, 0.2) is 0 Å². The van der Waals surface area contributed by atoms with Gasteiger partial charge in [0, 0.05) is 12.1 Å². The van der Waals surface area contributed by atoms with Crippen LogP contribution in [0.5, 0.6) is 0 Å². The number of hydrogen-bond donors (Lipinski definition) is 1. The second-order valence-corrected chi connectivity index (χ2v) is 5.64. The molecule has 1 heterocycles. The van der Waals surface area contributed by atoms with Crippen molar-refractivity contribution in [2.75, 3.05) is 7.05 Å². The van der Waals surface area contributed by atoms with E-state index in [1.54, 1.807) is 0 Å². The van der Waals surface area contributed by atoms with E-state index in [9.17, 15) is 5.11 Å². The van der Waals surface area contributed by atoms with E-state index < -0.39 is 0 Å². The summed E-state index contributed by atoms with van der Waals surface area (Å²) >= 11 is 0. The molecule has 104 valence electrons. The molecule has 0 aromatic heterocycles. The normalized spacial score (nSPS) is 27.4. The number of hydrogen-bond acceptors (Lipinski definition) is 2. The smallest absolute Gasteiger partial charge is 0.0576 e. The predicted molar refractivity (Wildman–Crippen MR) is 81.4 cm³/mol. The summed E-state index contributed by atoms with van der Waals surface area (Å²) in [6, 6.07) is 21.5. The van der Waals surface area contributed by atoms with E-state index >= 15 is 0 Å². The number of rotatable bonds is 2. The zero-order valence-electron chi connectivity index (χ0n) is 11.8. The highest BCUT2D eigenvalue weighted by molar-refractivity contribution is 5.24. The molecule has 0 amide bonds. The SMILES string of the molecule is CN1[C@H](c2ccccc2)CC(O)C[C@H]1c1ccccc1. The Morgan fingerprint density at radius 3 is 1.60 bits per heavy atom. The average molecular weight is 267 g/mol. The quantitative estimate of drug-likeness (QED) is 0.899. The first-order chi connectivity index (χ1) is 9.75. The van der Waals surface area contributed by atoms with E-state index in [-0.39, 0.29) is 18.2 Å². The zero-order valence-corrected chi connectivity index (χ0v) is 11.8. The van der Waals surface area contributed by atoms with Crippen LogP contribution < -0.4 is 0 Å². The Kier molecular flexibility index (Phi) is 3.86. The third-order valence-corrected chi connectivity index (χ3v) is 4.34. The Morgan fingerprint density at radius 1 is 0.800 bits per heavy atom. The van der Waals surface area contributed by atoms with Crippen LogP contribution in [0.25, 0.3) is 0 Å². The van der Waals surface area contributed by atoms with Crippen molar-refractivity contribution in [1.82, 2.24) is 4.90 Å². The van der Waals surface area contributed by atoms with Crippen LogP contribution >= 0.6 is 0 Å². The van der Waals surface area contributed by atoms with Gasteiger partial charge in [0.25, 0.3) is 0 Å². The minimum Gasteiger partial charge on any atom is -0.393 e. The van der Waals surface area contributed by atoms with Crippen molar-refractivity contribution in [2.24, 2.45) is 0 Å². The highest BCUT2D eigenvalue weighted by Crippen LogP contribution is 2.40. The molecule has 0 aliphatic carbocycles. The van der Waals surface area contributed by atoms with Gasteiger partial charge in [-0.25, -0.2) is 0 Å².